The standard InChI is InChI=1S/C20H31NO4/c1-14-10-16(12-21-6-8-24-13-18(21)15(2)23)19(25-9-7-22)11-17(14)20(3,4)5/h10-11,18,22-23H,2,6-9,12-13H2,1,3-5H3/t18-/m0/s1. The Labute approximate surface area is 150 Å². The second-order valence-electron chi connectivity index (χ2n) is 7.65. The van der Waals surface area contributed by atoms with Crippen molar-refractivity contribution in [3.8, 4) is 5.75 Å². The van der Waals surface area contributed by atoms with Crippen LogP contribution in [0.2, 0.25) is 0 Å². The number of aliphatic hydroxyl groups excluding tert-OH is 2. The molecule has 0 saturated carbocycles. The van der Waals surface area contributed by atoms with Crippen molar-refractivity contribution in [2.75, 3.05) is 33.0 Å². The Morgan fingerprint density at radius 2 is 2.12 bits per heavy atom. The number of rotatable bonds is 6. The fourth-order valence-electron chi connectivity index (χ4n) is 3.32. The molecule has 140 valence electrons. The first-order valence-electron chi connectivity index (χ1n) is 8.81. The molecule has 0 unspecified atom stereocenters. The van der Waals surface area contributed by atoms with E-state index in [1.165, 1.54) is 11.1 Å². The Morgan fingerprint density at radius 3 is 2.72 bits per heavy atom. The molecule has 0 aromatic heterocycles. The van der Waals surface area contributed by atoms with Gasteiger partial charge in [0.05, 0.1) is 25.9 Å². The van der Waals surface area contributed by atoms with Crippen LogP contribution in [-0.2, 0) is 16.7 Å². The lowest BCUT2D eigenvalue weighted by atomic mass is 9.83. The second kappa shape index (κ2) is 8.21. The van der Waals surface area contributed by atoms with E-state index in [1.807, 2.05) is 0 Å². The third kappa shape index (κ3) is 4.97. The fraction of sp³-hybridized carbons (Fsp3) is 0.600. The quantitative estimate of drug-likeness (QED) is 0.773. The summed E-state index contributed by atoms with van der Waals surface area (Å²) >= 11 is 0. The van der Waals surface area contributed by atoms with Crippen LogP contribution in [0.1, 0.15) is 37.5 Å². The van der Waals surface area contributed by atoms with E-state index >= 15 is 0 Å². The van der Waals surface area contributed by atoms with Gasteiger partial charge in [-0.1, -0.05) is 33.4 Å². The summed E-state index contributed by atoms with van der Waals surface area (Å²) in [6.07, 6.45) is 0. The van der Waals surface area contributed by atoms with E-state index in [0.29, 0.717) is 19.8 Å². The molecule has 1 aliphatic heterocycles. The van der Waals surface area contributed by atoms with E-state index < -0.39 is 0 Å². The molecule has 1 aliphatic rings. The molecule has 1 aromatic rings. The number of morpholine rings is 1. The van der Waals surface area contributed by atoms with Gasteiger partial charge in [0.15, 0.2) is 0 Å². The topological polar surface area (TPSA) is 62.2 Å². The number of benzene rings is 1. The summed E-state index contributed by atoms with van der Waals surface area (Å²) in [6.45, 7) is 15.0. The average Bonchev–Trinajstić information content (AvgIpc) is 2.53. The van der Waals surface area contributed by atoms with Gasteiger partial charge in [-0.25, -0.2) is 0 Å². The molecule has 1 aromatic carbocycles. The Hall–Kier alpha value is -1.56. The molecule has 0 aliphatic carbocycles. The van der Waals surface area contributed by atoms with E-state index in [9.17, 15) is 5.11 Å². The Bertz CT molecular complexity index is 606. The number of nitrogens with zero attached hydrogens (tertiary/aromatic N) is 1. The predicted octanol–water partition coefficient (Wildman–Crippen LogP) is 2.94. The smallest absolute Gasteiger partial charge is 0.124 e. The van der Waals surface area contributed by atoms with Crippen LogP contribution < -0.4 is 4.74 Å². The number of aliphatic hydroxyl groups is 2. The fourth-order valence-corrected chi connectivity index (χ4v) is 3.32. The van der Waals surface area contributed by atoms with Crippen molar-refractivity contribution >= 4 is 0 Å². The summed E-state index contributed by atoms with van der Waals surface area (Å²) in [5.41, 5.74) is 3.51. The van der Waals surface area contributed by atoms with Crippen molar-refractivity contribution in [3.63, 3.8) is 0 Å². The van der Waals surface area contributed by atoms with Gasteiger partial charge >= 0.3 is 0 Å². The van der Waals surface area contributed by atoms with Crippen molar-refractivity contribution in [2.45, 2.75) is 45.7 Å². The summed E-state index contributed by atoms with van der Waals surface area (Å²) in [5.74, 6) is 0.916. The lowest BCUT2D eigenvalue weighted by molar-refractivity contribution is -0.0113. The number of hydrogen-bond donors (Lipinski definition) is 2. The van der Waals surface area contributed by atoms with Crippen molar-refractivity contribution in [1.29, 1.82) is 0 Å². The largest absolute Gasteiger partial charge is 0.511 e. The second-order valence-corrected chi connectivity index (χ2v) is 7.65. The molecule has 0 spiro atoms. The maximum Gasteiger partial charge on any atom is 0.124 e. The monoisotopic (exact) mass is 349 g/mol. The van der Waals surface area contributed by atoms with Gasteiger partial charge in [-0.3, -0.25) is 4.90 Å². The number of aryl methyl sites for hydroxylation is 1. The summed E-state index contributed by atoms with van der Waals surface area (Å²) in [4.78, 5) is 2.16. The lowest BCUT2D eigenvalue weighted by Crippen LogP contribution is -2.45. The maximum absolute atomic E-state index is 9.86. The SMILES string of the molecule is C=C(O)[C@@H]1COCCN1Cc1cc(C)c(C(C)(C)C)cc1OCCO. The summed E-state index contributed by atoms with van der Waals surface area (Å²) in [5, 5.41) is 19.0. The summed E-state index contributed by atoms with van der Waals surface area (Å²) in [7, 11) is 0. The first-order valence-corrected chi connectivity index (χ1v) is 8.81. The zero-order valence-electron chi connectivity index (χ0n) is 15.8. The first kappa shape index (κ1) is 19.8. The molecule has 5 heteroatoms. The summed E-state index contributed by atoms with van der Waals surface area (Å²) < 4.78 is 11.3. The molecule has 25 heavy (non-hydrogen) atoms. The molecule has 0 bridgehead atoms. The molecule has 0 amide bonds. The Kier molecular flexibility index (Phi) is 6.49. The van der Waals surface area contributed by atoms with Crippen LogP contribution in [0.25, 0.3) is 0 Å². The minimum atomic E-state index is -0.206. The molecule has 1 heterocycles. The number of ether oxygens (including phenoxy) is 2. The van der Waals surface area contributed by atoms with Crippen molar-refractivity contribution in [3.05, 3.63) is 41.2 Å². The maximum atomic E-state index is 9.86. The van der Waals surface area contributed by atoms with E-state index in [2.05, 4.69) is 51.3 Å². The van der Waals surface area contributed by atoms with Gasteiger partial charge in [-0.2, -0.15) is 0 Å². The third-order valence-corrected chi connectivity index (χ3v) is 4.56. The molecule has 5 nitrogen and oxygen atoms in total. The molecule has 1 atom stereocenters. The molecule has 2 rings (SSSR count). The molecular formula is C20H31NO4. The third-order valence-electron chi connectivity index (χ3n) is 4.56. The van der Waals surface area contributed by atoms with Gasteiger partial charge in [-0.15, -0.1) is 0 Å². The van der Waals surface area contributed by atoms with E-state index in [1.54, 1.807) is 0 Å². The van der Waals surface area contributed by atoms with Gasteiger partial charge < -0.3 is 19.7 Å². The van der Waals surface area contributed by atoms with E-state index in [4.69, 9.17) is 14.6 Å². The van der Waals surface area contributed by atoms with Crippen LogP contribution in [0, 0.1) is 6.92 Å². The Balaban J connectivity index is 2.34. The van der Waals surface area contributed by atoms with Crippen LogP contribution in [0.3, 0.4) is 0 Å². The minimum absolute atomic E-state index is 0.0147. The van der Waals surface area contributed by atoms with Gasteiger partial charge in [0.2, 0.25) is 0 Å². The number of hydrogen-bond acceptors (Lipinski definition) is 5. The average molecular weight is 349 g/mol. The molecule has 1 saturated heterocycles. The highest BCUT2D eigenvalue weighted by Crippen LogP contribution is 2.33. The van der Waals surface area contributed by atoms with Gasteiger partial charge in [0.1, 0.15) is 18.1 Å². The van der Waals surface area contributed by atoms with Crippen LogP contribution >= 0.6 is 0 Å². The highest BCUT2D eigenvalue weighted by Gasteiger charge is 2.27. The summed E-state index contributed by atoms with van der Waals surface area (Å²) in [6, 6.07) is 4.03. The molecule has 1 fully saturated rings. The van der Waals surface area contributed by atoms with Crippen LogP contribution in [0.4, 0.5) is 0 Å². The predicted molar refractivity (Wildman–Crippen MR) is 99.2 cm³/mol. The van der Waals surface area contributed by atoms with Crippen LogP contribution in [0.15, 0.2) is 24.5 Å². The van der Waals surface area contributed by atoms with Crippen molar-refractivity contribution in [1.82, 2.24) is 4.90 Å². The molecule has 2 N–H and O–H groups in total. The highest BCUT2D eigenvalue weighted by molar-refractivity contribution is 5.45. The zero-order chi connectivity index (χ0) is 18.6. The van der Waals surface area contributed by atoms with Crippen LogP contribution in [-0.4, -0.2) is 54.1 Å². The van der Waals surface area contributed by atoms with E-state index in [0.717, 1.165) is 17.9 Å². The first-order chi connectivity index (χ1) is 11.7. The van der Waals surface area contributed by atoms with Crippen molar-refractivity contribution in [2.24, 2.45) is 0 Å². The van der Waals surface area contributed by atoms with Gasteiger partial charge in [0, 0.05) is 18.7 Å². The molecular weight excluding hydrogens is 318 g/mol. The zero-order valence-corrected chi connectivity index (χ0v) is 15.8. The Morgan fingerprint density at radius 1 is 1.40 bits per heavy atom. The molecule has 0 radical (unpaired) electrons. The highest BCUT2D eigenvalue weighted by atomic mass is 16.5. The van der Waals surface area contributed by atoms with Crippen molar-refractivity contribution < 1.29 is 19.7 Å². The normalized spacial score (nSPS) is 19.0. The van der Waals surface area contributed by atoms with Gasteiger partial charge in [0.25, 0.3) is 0 Å². The van der Waals surface area contributed by atoms with Crippen LogP contribution in [0.5, 0.6) is 5.75 Å². The lowest BCUT2D eigenvalue weighted by Gasteiger charge is -2.35. The van der Waals surface area contributed by atoms with Gasteiger partial charge in [-0.05, 0) is 29.5 Å². The minimum Gasteiger partial charge on any atom is -0.511 e. The van der Waals surface area contributed by atoms with E-state index in [-0.39, 0.29) is 30.4 Å².